The molecular weight excluding hydrogens is 284 g/mol. The number of methoxy groups -OCH3 is 1. The number of aromatic nitrogens is 2. The predicted molar refractivity (Wildman–Crippen MR) is 83.0 cm³/mol. The van der Waals surface area contributed by atoms with Gasteiger partial charge < -0.3 is 9.30 Å². The fourth-order valence-corrected chi connectivity index (χ4v) is 3.52. The van der Waals surface area contributed by atoms with E-state index in [1.807, 2.05) is 48.1 Å². The summed E-state index contributed by atoms with van der Waals surface area (Å²) in [7, 11) is 1.40. The van der Waals surface area contributed by atoms with Crippen molar-refractivity contribution in [2.24, 2.45) is 0 Å². The van der Waals surface area contributed by atoms with E-state index < -0.39 is 0 Å². The summed E-state index contributed by atoms with van der Waals surface area (Å²) in [5.74, 6) is -0.318. The van der Waals surface area contributed by atoms with Crippen molar-refractivity contribution in [3.8, 4) is 16.1 Å². The highest BCUT2D eigenvalue weighted by molar-refractivity contribution is 7.18. The van der Waals surface area contributed by atoms with E-state index in [4.69, 9.17) is 4.74 Å². The minimum absolute atomic E-state index is 0.318. The van der Waals surface area contributed by atoms with E-state index in [1.54, 1.807) is 12.4 Å². The Morgan fingerprint density at radius 2 is 2.05 bits per heavy atom. The number of ether oxygens (including phenoxy) is 1. The van der Waals surface area contributed by atoms with Crippen LogP contribution in [0.1, 0.15) is 15.2 Å². The number of thiophene rings is 1. The van der Waals surface area contributed by atoms with E-state index in [2.05, 4.69) is 4.98 Å². The molecule has 0 aliphatic heterocycles. The topological polar surface area (TPSA) is 44.1 Å². The minimum atomic E-state index is -0.318. The molecule has 3 heterocycles. The van der Waals surface area contributed by atoms with Crippen LogP contribution in [0.3, 0.4) is 0 Å². The second kappa shape index (κ2) is 5.54. The average Bonchev–Trinajstić information content (AvgIpc) is 3.14. The van der Waals surface area contributed by atoms with Gasteiger partial charge in [-0.15, -0.1) is 11.3 Å². The molecule has 0 saturated heterocycles. The van der Waals surface area contributed by atoms with Crippen molar-refractivity contribution in [3.63, 3.8) is 0 Å². The van der Waals surface area contributed by atoms with Gasteiger partial charge in [0.25, 0.3) is 0 Å². The van der Waals surface area contributed by atoms with Gasteiger partial charge in [-0.25, -0.2) is 4.79 Å². The van der Waals surface area contributed by atoms with E-state index >= 15 is 0 Å². The van der Waals surface area contributed by atoms with E-state index in [0.717, 1.165) is 21.7 Å². The maximum absolute atomic E-state index is 12.1. The van der Waals surface area contributed by atoms with Crippen LogP contribution >= 0.6 is 11.3 Å². The summed E-state index contributed by atoms with van der Waals surface area (Å²) in [4.78, 5) is 17.9. The maximum Gasteiger partial charge on any atom is 0.350 e. The first-order valence-electron chi connectivity index (χ1n) is 6.48. The fraction of sp³-hybridized carbons (Fsp3) is 0.125. The van der Waals surface area contributed by atoms with Crippen molar-refractivity contribution in [3.05, 3.63) is 59.5 Å². The van der Waals surface area contributed by atoms with Crippen LogP contribution in [0.5, 0.6) is 0 Å². The molecule has 5 heteroatoms. The van der Waals surface area contributed by atoms with Gasteiger partial charge in [0.2, 0.25) is 0 Å². The number of pyridine rings is 1. The first-order chi connectivity index (χ1) is 10.2. The molecule has 0 aliphatic carbocycles. The molecule has 0 unspecified atom stereocenters. The van der Waals surface area contributed by atoms with E-state index in [-0.39, 0.29) is 5.97 Å². The molecule has 0 aromatic carbocycles. The van der Waals surface area contributed by atoms with Crippen molar-refractivity contribution in [1.29, 1.82) is 0 Å². The SMILES string of the molecule is COC(=O)c1sc(-c2cccnc2)c(C)c1-n1cccc1. The average molecular weight is 298 g/mol. The van der Waals surface area contributed by atoms with Crippen molar-refractivity contribution >= 4 is 17.3 Å². The third-order valence-electron chi connectivity index (χ3n) is 3.27. The minimum Gasteiger partial charge on any atom is -0.465 e. The van der Waals surface area contributed by atoms with Gasteiger partial charge in [-0.2, -0.15) is 0 Å². The highest BCUT2D eigenvalue weighted by Gasteiger charge is 2.22. The molecule has 0 bridgehead atoms. The zero-order valence-electron chi connectivity index (χ0n) is 11.7. The Balaban J connectivity index is 2.23. The molecule has 0 radical (unpaired) electrons. The monoisotopic (exact) mass is 298 g/mol. The molecule has 0 amide bonds. The van der Waals surface area contributed by atoms with Gasteiger partial charge in [-0.05, 0) is 30.7 Å². The Labute approximate surface area is 126 Å². The van der Waals surface area contributed by atoms with Crippen LogP contribution in [-0.2, 0) is 4.74 Å². The van der Waals surface area contributed by atoms with Gasteiger partial charge in [0.15, 0.2) is 0 Å². The Kier molecular flexibility index (Phi) is 3.58. The van der Waals surface area contributed by atoms with Crippen LogP contribution in [0, 0.1) is 6.92 Å². The third kappa shape index (κ3) is 2.36. The molecule has 3 aromatic heterocycles. The molecule has 0 N–H and O–H groups in total. The van der Waals surface area contributed by atoms with Gasteiger partial charge in [0.05, 0.1) is 12.8 Å². The smallest absolute Gasteiger partial charge is 0.350 e. The lowest BCUT2D eigenvalue weighted by Crippen LogP contribution is -2.04. The fourth-order valence-electron chi connectivity index (χ4n) is 2.30. The molecule has 0 saturated carbocycles. The summed E-state index contributed by atoms with van der Waals surface area (Å²) in [6.45, 7) is 2.01. The highest BCUT2D eigenvalue weighted by Crippen LogP contribution is 2.38. The Morgan fingerprint density at radius 3 is 2.67 bits per heavy atom. The summed E-state index contributed by atoms with van der Waals surface area (Å²) in [6, 6.07) is 7.75. The molecule has 0 fully saturated rings. The number of rotatable bonds is 3. The highest BCUT2D eigenvalue weighted by atomic mass is 32.1. The molecule has 3 aromatic rings. The van der Waals surface area contributed by atoms with Gasteiger partial charge in [-0.1, -0.05) is 6.07 Å². The van der Waals surface area contributed by atoms with E-state index in [1.165, 1.54) is 18.4 Å². The van der Waals surface area contributed by atoms with Crippen molar-refractivity contribution in [2.75, 3.05) is 7.11 Å². The van der Waals surface area contributed by atoms with Crippen LogP contribution in [0.4, 0.5) is 0 Å². The molecule has 106 valence electrons. The zero-order chi connectivity index (χ0) is 14.8. The van der Waals surface area contributed by atoms with Crippen molar-refractivity contribution < 1.29 is 9.53 Å². The van der Waals surface area contributed by atoms with Gasteiger partial charge in [0, 0.05) is 35.2 Å². The van der Waals surface area contributed by atoms with Crippen molar-refractivity contribution in [1.82, 2.24) is 9.55 Å². The molecule has 0 atom stereocenters. The summed E-state index contributed by atoms with van der Waals surface area (Å²) in [5, 5.41) is 0. The molecule has 21 heavy (non-hydrogen) atoms. The zero-order valence-corrected chi connectivity index (χ0v) is 12.6. The number of carbonyl (C=O) groups is 1. The Bertz CT molecular complexity index is 761. The lowest BCUT2D eigenvalue weighted by molar-refractivity contribution is 0.0606. The number of nitrogens with zero attached hydrogens (tertiary/aromatic N) is 2. The van der Waals surface area contributed by atoms with Gasteiger partial charge >= 0.3 is 5.97 Å². The quantitative estimate of drug-likeness (QED) is 0.693. The summed E-state index contributed by atoms with van der Waals surface area (Å²) >= 11 is 1.43. The number of hydrogen-bond acceptors (Lipinski definition) is 4. The molecule has 4 nitrogen and oxygen atoms in total. The number of hydrogen-bond donors (Lipinski definition) is 0. The van der Waals surface area contributed by atoms with Crippen molar-refractivity contribution in [2.45, 2.75) is 6.92 Å². The molecule has 3 rings (SSSR count). The lowest BCUT2D eigenvalue weighted by atomic mass is 10.1. The normalized spacial score (nSPS) is 10.6. The van der Waals surface area contributed by atoms with Gasteiger partial charge in [0.1, 0.15) is 4.88 Å². The largest absolute Gasteiger partial charge is 0.465 e. The number of esters is 1. The van der Waals surface area contributed by atoms with E-state index in [9.17, 15) is 4.79 Å². The molecule has 0 aliphatic rings. The van der Waals surface area contributed by atoms with Gasteiger partial charge in [-0.3, -0.25) is 4.98 Å². The predicted octanol–water partition coefficient (Wildman–Crippen LogP) is 3.70. The van der Waals surface area contributed by atoms with E-state index in [0.29, 0.717) is 4.88 Å². The number of carbonyl (C=O) groups excluding carboxylic acids is 1. The standard InChI is InChI=1S/C16H14N2O2S/c1-11-13(18-8-3-4-9-18)15(16(19)20-2)21-14(11)12-6-5-7-17-10-12/h3-10H,1-2H3. The lowest BCUT2D eigenvalue weighted by Gasteiger charge is -2.06. The maximum atomic E-state index is 12.1. The Morgan fingerprint density at radius 1 is 1.29 bits per heavy atom. The van der Waals surface area contributed by atoms with Crippen LogP contribution < -0.4 is 0 Å². The second-order valence-electron chi connectivity index (χ2n) is 4.56. The van der Waals surface area contributed by atoms with Crippen LogP contribution in [0.15, 0.2) is 49.1 Å². The first-order valence-corrected chi connectivity index (χ1v) is 7.29. The summed E-state index contributed by atoms with van der Waals surface area (Å²) in [6.07, 6.45) is 7.39. The van der Waals surface area contributed by atoms with Crippen LogP contribution in [-0.4, -0.2) is 22.6 Å². The third-order valence-corrected chi connectivity index (χ3v) is 4.58. The molecular formula is C16H14N2O2S. The molecule has 0 spiro atoms. The second-order valence-corrected chi connectivity index (χ2v) is 5.58. The Hall–Kier alpha value is -2.40. The first kappa shape index (κ1) is 13.6. The summed E-state index contributed by atoms with van der Waals surface area (Å²) < 4.78 is 6.86. The van der Waals surface area contributed by atoms with Crippen LogP contribution in [0.25, 0.3) is 16.1 Å². The van der Waals surface area contributed by atoms with Crippen LogP contribution in [0.2, 0.25) is 0 Å². The summed E-state index contributed by atoms with van der Waals surface area (Å²) in [5.41, 5.74) is 2.92.